The van der Waals surface area contributed by atoms with Gasteiger partial charge in [-0.15, -0.1) is 5.10 Å². The van der Waals surface area contributed by atoms with Crippen LogP contribution in [0.2, 0.25) is 0 Å². The highest BCUT2D eigenvalue weighted by Crippen LogP contribution is 2.11. The van der Waals surface area contributed by atoms with Crippen LogP contribution in [0.5, 0.6) is 0 Å². The van der Waals surface area contributed by atoms with Gasteiger partial charge in [0.1, 0.15) is 5.82 Å². The molecule has 1 amide bonds. The number of benzene rings is 1. The largest absolute Gasteiger partial charge is 0.349 e. The van der Waals surface area contributed by atoms with Gasteiger partial charge in [-0.3, -0.25) is 9.89 Å². The van der Waals surface area contributed by atoms with E-state index in [0.29, 0.717) is 12.4 Å². The molecule has 2 heterocycles. The second-order valence-electron chi connectivity index (χ2n) is 4.78. The first-order valence-corrected chi connectivity index (χ1v) is 6.81. The monoisotopic (exact) mass is 284 g/mol. The van der Waals surface area contributed by atoms with Crippen LogP contribution in [0.15, 0.2) is 30.6 Å². The molecule has 3 rings (SSSR count). The van der Waals surface area contributed by atoms with Gasteiger partial charge in [0.2, 0.25) is 5.82 Å². The molecule has 0 aliphatic rings. The molecule has 0 fully saturated rings. The summed E-state index contributed by atoms with van der Waals surface area (Å²) < 4.78 is 2.08. The summed E-state index contributed by atoms with van der Waals surface area (Å²) in [4.78, 5) is 20.1. The van der Waals surface area contributed by atoms with Crippen molar-refractivity contribution < 1.29 is 4.79 Å². The summed E-state index contributed by atoms with van der Waals surface area (Å²) in [7, 11) is 0. The molecule has 108 valence electrons. The Morgan fingerprint density at radius 1 is 1.38 bits per heavy atom. The van der Waals surface area contributed by atoms with Crippen molar-refractivity contribution in [3.8, 4) is 0 Å². The number of rotatable bonds is 5. The van der Waals surface area contributed by atoms with Crippen molar-refractivity contribution in [1.29, 1.82) is 0 Å². The Morgan fingerprint density at radius 2 is 2.24 bits per heavy atom. The van der Waals surface area contributed by atoms with Crippen LogP contribution in [0.3, 0.4) is 0 Å². The molecule has 2 aromatic heterocycles. The number of carbonyl (C=O) groups excluding carboxylic acids is 1. The Hall–Kier alpha value is -2.70. The zero-order valence-corrected chi connectivity index (χ0v) is 11.7. The second kappa shape index (κ2) is 5.74. The fraction of sp³-hybridized carbons (Fsp3) is 0.286. The highest BCUT2D eigenvalue weighted by atomic mass is 16.2. The third-order valence-corrected chi connectivity index (χ3v) is 3.19. The summed E-state index contributed by atoms with van der Waals surface area (Å²) in [6, 6.07) is 7.99. The fourth-order valence-corrected chi connectivity index (χ4v) is 2.16. The first-order valence-electron chi connectivity index (χ1n) is 6.81. The van der Waals surface area contributed by atoms with Crippen LogP contribution in [0, 0.1) is 6.92 Å². The van der Waals surface area contributed by atoms with E-state index in [9.17, 15) is 4.79 Å². The predicted molar refractivity (Wildman–Crippen MR) is 77.8 cm³/mol. The summed E-state index contributed by atoms with van der Waals surface area (Å²) in [5.41, 5.74) is 2.09. The highest BCUT2D eigenvalue weighted by molar-refractivity contribution is 5.90. The van der Waals surface area contributed by atoms with Gasteiger partial charge in [-0.2, -0.15) is 0 Å². The highest BCUT2D eigenvalue weighted by Gasteiger charge is 2.10. The summed E-state index contributed by atoms with van der Waals surface area (Å²) in [6.45, 7) is 3.13. The van der Waals surface area contributed by atoms with E-state index in [2.05, 4.69) is 30.0 Å². The standard InChI is InChI=1S/C14H16N6O/c1-10-17-13(19-18-10)14(21)15-7-4-8-20-9-16-11-5-2-3-6-12(11)20/h2-3,5-6,9H,4,7-8H2,1H3,(H,15,21)(H,17,18,19). The Balaban J connectivity index is 1.51. The molecule has 1 aromatic carbocycles. The second-order valence-corrected chi connectivity index (χ2v) is 4.78. The number of nitrogens with one attached hydrogen (secondary N) is 2. The summed E-state index contributed by atoms with van der Waals surface area (Å²) in [6.07, 6.45) is 2.64. The molecule has 0 radical (unpaired) electrons. The third kappa shape index (κ3) is 2.91. The lowest BCUT2D eigenvalue weighted by atomic mass is 10.3. The number of nitrogens with zero attached hydrogens (tertiary/aromatic N) is 4. The van der Waals surface area contributed by atoms with Crippen LogP contribution >= 0.6 is 0 Å². The number of hydrogen-bond donors (Lipinski definition) is 2. The zero-order valence-electron chi connectivity index (χ0n) is 11.7. The van der Waals surface area contributed by atoms with Gasteiger partial charge in [0.15, 0.2) is 0 Å². The Bertz CT molecular complexity index is 760. The van der Waals surface area contributed by atoms with Crippen LogP contribution in [0.25, 0.3) is 11.0 Å². The lowest BCUT2D eigenvalue weighted by molar-refractivity contribution is 0.0942. The van der Waals surface area contributed by atoms with Crippen LogP contribution in [0.4, 0.5) is 0 Å². The molecule has 0 unspecified atom stereocenters. The van der Waals surface area contributed by atoms with Crippen LogP contribution < -0.4 is 5.32 Å². The lowest BCUT2D eigenvalue weighted by Gasteiger charge is -2.05. The van der Waals surface area contributed by atoms with Crippen LogP contribution in [0.1, 0.15) is 22.9 Å². The summed E-state index contributed by atoms with van der Waals surface area (Å²) in [5, 5.41) is 9.28. The molecule has 0 atom stereocenters. The molecule has 0 saturated heterocycles. The number of imidazole rings is 1. The summed E-state index contributed by atoms with van der Waals surface area (Å²) in [5.74, 6) is 0.556. The molecule has 0 aliphatic heterocycles. The number of carbonyl (C=O) groups is 1. The van der Waals surface area contributed by atoms with E-state index < -0.39 is 0 Å². The van der Waals surface area contributed by atoms with E-state index in [1.54, 1.807) is 6.92 Å². The average Bonchev–Trinajstić information content (AvgIpc) is 3.10. The van der Waals surface area contributed by atoms with Gasteiger partial charge in [0.25, 0.3) is 5.91 Å². The molecule has 0 spiro atoms. The van der Waals surface area contributed by atoms with Gasteiger partial charge >= 0.3 is 0 Å². The number of aryl methyl sites for hydroxylation is 2. The SMILES string of the molecule is Cc1nc(C(=O)NCCCn2cnc3ccccc32)n[nH]1. The van der Waals surface area contributed by atoms with E-state index in [-0.39, 0.29) is 11.7 Å². The van der Waals surface area contributed by atoms with Gasteiger partial charge in [0, 0.05) is 13.1 Å². The molecule has 21 heavy (non-hydrogen) atoms. The van der Waals surface area contributed by atoms with Gasteiger partial charge in [-0.1, -0.05) is 12.1 Å². The molecule has 2 N–H and O–H groups in total. The normalized spacial score (nSPS) is 10.9. The van der Waals surface area contributed by atoms with Crippen molar-refractivity contribution in [2.75, 3.05) is 6.54 Å². The number of fused-ring (bicyclic) bond motifs is 1. The molecular weight excluding hydrogens is 268 g/mol. The maximum atomic E-state index is 11.8. The zero-order chi connectivity index (χ0) is 14.7. The fourth-order valence-electron chi connectivity index (χ4n) is 2.16. The number of hydrogen-bond acceptors (Lipinski definition) is 4. The third-order valence-electron chi connectivity index (χ3n) is 3.19. The van der Waals surface area contributed by atoms with Gasteiger partial charge in [0.05, 0.1) is 17.4 Å². The molecule has 0 saturated carbocycles. The maximum absolute atomic E-state index is 11.8. The maximum Gasteiger partial charge on any atom is 0.290 e. The Morgan fingerprint density at radius 3 is 3.05 bits per heavy atom. The van der Waals surface area contributed by atoms with Crippen LogP contribution in [-0.2, 0) is 6.54 Å². The Labute approximate surface area is 121 Å². The van der Waals surface area contributed by atoms with Crippen molar-refractivity contribution in [2.24, 2.45) is 0 Å². The number of aromatic amines is 1. The minimum atomic E-state index is -0.255. The molecule has 7 heteroatoms. The lowest BCUT2D eigenvalue weighted by Crippen LogP contribution is -2.26. The first kappa shape index (κ1) is 13.3. The number of para-hydroxylation sites is 2. The van der Waals surface area contributed by atoms with E-state index in [4.69, 9.17) is 0 Å². The van der Waals surface area contributed by atoms with Gasteiger partial charge in [-0.05, 0) is 25.5 Å². The quantitative estimate of drug-likeness (QED) is 0.691. The van der Waals surface area contributed by atoms with Crippen molar-refractivity contribution in [1.82, 2.24) is 30.0 Å². The summed E-state index contributed by atoms with van der Waals surface area (Å²) >= 11 is 0. The molecule has 0 aliphatic carbocycles. The average molecular weight is 284 g/mol. The number of H-pyrrole nitrogens is 1. The van der Waals surface area contributed by atoms with E-state index in [1.807, 2.05) is 30.6 Å². The number of amides is 1. The van der Waals surface area contributed by atoms with E-state index >= 15 is 0 Å². The molecule has 7 nitrogen and oxygen atoms in total. The number of aromatic nitrogens is 5. The van der Waals surface area contributed by atoms with Crippen molar-refractivity contribution in [2.45, 2.75) is 19.9 Å². The van der Waals surface area contributed by atoms with E-state index in [1.165, 1.54) is 0 Å². The van der Waals surface area contributed by atoms with E-state index in [0.717, 1.165) is 24.0 Å². The smallest absolute Gasteiger partial charge is 0.290 e. The van der Waals surface area contributed by atoms with Crippen molar-refractivity contribution in [3.63, 3.8) is 0 Å². The van der Waals surface area contributed by atoms with Gasteiger partial charge in [-0.25, -0.2) is 9.97 Å². The minimum Gasteiger partial charge on any atom is -0.349 e. The van der Waals surface area contributed by atoms with Crippen LogP contribution in [-0.4, -0.2) is 37.2 Å². The first-order chi connectivity index (χ1) is 10.2. The molecule has 0 bridgehead atoms. The topological polar surface area (TPSA) is 88.5 Å². The Kier molecular flexibility index (Phi) is 3.63. The molecular formula is C14H16N6O. The van der Waals surface area contributed by atoms with Crippen molar-refractivity contribution in [3.05, 3.63) is 42.2 Å². The predicted octanol–water partition coefficient (Wildman–Crippen LogP) is 1.28. The van der Waals surface area contributed by atoms with Gasteiger partial charge < -0.3 is 9.88 Å². The minimum absolute atomic E-state index is 0.181. The molecule has 3 aromatic rings. The van der Waals surface area contributed by atoms with Crippen molar-refractivity contribution >= 4 is 16.9 Å².